The largest absolute Gasteiger partial charge is 0.481 e. The third kappa shape index (κ3) is 190. The highest BCUT2D eigenvalue weighted by atomic mass is 16.4. The van der Waals surface area contributed by atoms with Crippen molar-refractivity contribution >= 4 is 35.8 Å². The highest BCUT2D eigenvalue weighted by Gasteiger charge is 2.03. The average molecular weight is 1590 g/mol. The van der Waals surface area contributed by atoms with Gasteiger partial charge in [-0.3, -0.25) is 28.8 Å². The number of carboxylic acids is 6. The van der Waals surface area contributed by atoms with E-state index < -0.39 is 72.4 Å². The van der Waals surface area contributed by atoms with Crippen LogP contribution in [-0.2, 0) is 28.8 Å². The summed E-state index contributed by atoms with van der Waals surface area (Å²) in [6.07, 6.45) is 46.1. The standard InChI is InChI=1S/6C10H20O2.6C3H8O3/c6*1-2-3-4-5-6-7-8-9-10(11)12;6*4-1-3(6)2-5/h6*2-9H2,1H3,(H,11,12);6*3-6H,1-2H2. The van der Waals surface area contributed by atoms with Crippen LogP contribution in [0, 0.1) is 0 Å². The van der Waals surface area contributed by atoms with Gasteiger partial charge in [0.15, 0.2) is 0 Å². The maximum atomic E-state index is 10.1. The van der Waals surface area contributed by atoms with E-state index >= 15 is 0 Å². The quantitative estimate of drug-likeness (QED) is 0.0252. The highest BCUT2D eigenvalue weighted by molar-refractivity contribution is 5.68. The van der Waals surface area contributed by atoms with E-state index in [0.29, 0.717) is 38.5 Å². The Bertz CT molecular complexity index is 1310. The number of carboxylic acid groups (broad SMARTS) is 6. The van der Waals surface area contributed by atoms with Gasteiger partial charge in [0.25, 0.3) is 0 Å². The number of rotatable bonds is 60. The second kappa shape index (κ2) is 127. The number of aliphatic hydroxyl groups excluding tert-OH is 18. The Morgan fingerprint density at radius 1 is 0.157 bits per heavy atom. The molecule has 0 heterocycles. The molecule has 0 saturated heterocycles. The molecule has 0 aliphatic heterocycles. The molecule has 0 aromatic carbocycles. The van der Waals surface area contributed by atoms with Crippen LogP contribution in [0.3, 0.4) is 0 Å². The molecular formula is C78H168O30. The zero-order chi connectivity index (χ0) is 85.4. The molecule has 0 fully saturated rings. The molecule has 0 aromatic heterocycles. The Balaban J connectivity index is -0.0000000942. The van der Waals surface area contributed by atoms with E-state index in [2.05, 4.69) is 41.5 Å². The normalized spacial score (nSPS) is 10.1. The Kier molecular flexibility index (Phi) is 153. The van der Waals surface area contributed by atoms with Gasteiger partial charge in [-0.2, -0.15) is 0 Å². The maximum absolute atomic E-state index is 10.1. The summed E-state index contributed by atoms with van der Waals surface area (Å²) in [5, 5.41) is 194. The number of aliphatic hydroxyl groups is 18. The van der Waals surface area contributed by atoms with Crippen LogP contribution in [0.25, 0.3) is 0 Å². The van der Waals surface area contributed by atoms with Gasteiger partial charge in [-0.25, -0.2) is 0 Å². The minimum Gasteiger partial charge on any atom is -0.481 e. The summed E-state index contributed by atoms with van der Waals surface area (Å²) in [4.78, 5) is 60.8. The molecule has 0 unspecified atom stereocenters. The Morgan fingerprint density at radius 2 is 0.231 bits per heavy atom. The first-order chi connectivity index (χ1) is 51.5. The third-order valence-corrected chi connectivity index (χ3v) is 14.5. The topological polar surface area (TPSA) is 588 Å². The van der Waals surface area contributed by atoms with E-state index in [-0.39, 0.29) is 79.3 Å². The van der Waals surface area contributed by atoms with Gasteiger partial charge in [0.1, 0.15) is 36.6 Å². The number of carbonyl (C=O) groups is 6. The van der Waals surface area contributed by atoms with Crippen molar-refractivity contribution < 1.29 is 151 Å². The number of hydrogen-bond acceptors (Lipinski definition) is 24. The van der Waals surface area contributed by atoms with Crippen molar-refractivity contribution in [2.24, 2.45) is 0 Å². The lowest BCUT2D eigenvalue weighted by atomic mass is 10.1. The summed E-state index contributed by atoms with van der Waals surface area (Å²) < 4.78 is 0. The number of aliphatic carboxylic acids is 6. The second-order valence-electron chi connectivity index (χ2n) is 25.7. The molecule has 0 radical (unpaired) electrons. The minimum atomic E-state index is -0.954. The molecule has 0 rings (SSSR count). The van der Waals surface area contributed by atoms with Gasteiger partial charge in [0.05, 0.1) is 79.3 Å². The zero-order valence-corrected chi connectivity index (χ0v) is 68.1. The van der Waals surface area contributed by atoms with E-state index in [0.717, 1.165) is 77.0 Å². The van der Waals surface area contributed by atoms with Gasteiger partial charge < -0.3 is 123 Å². The summed E-state index contributed by atoms with van der Waals surface area (Å²) >= 11 is 0. The van der Waals surface area contributed by atoms with E-state index in [1.54, 1.807) is 0 Å². The molecule has 30 nitrogen and oxygen atoms in total. The molecule has 0 aromatic rings. The fraction of sp³-hybridized carbons (Fsp3) is 0.923. The minimum absolute atomic E-state index is 0.341. The predicted molar refractivity (Wildman–Crippen MR) is 423 cm³/mol. The number of hydrogen-bond donors (Lipinski definition) is 24. The summed E-state index contributed by atoms with van der Waals surface area (Å²) in [5.41, 5.74) is 0. The second-order valence-corrected chi connectivity index (χ2v) is 25.7. The van der Waals surface area contributed by atoms with Crippen LogP contribution >= 0.6 is 0 Å². The molecule has 108 heavy (non-hydrogen) atoms. The van der Waals surface area contributed by atoms with E-state index in [9.17, 15) is 28.8 Å². The molecule has 0 spiro atoms. The first-order valence-electron chi connectivity index (χ1n) is 40.2. The molecular weight excluding hydrogens is 1420 g/mol. The molecule has 0 atom stereocenters. The first kappa shape index (κ1) is 130. The Labute approximate surface area is 650 Å². The van der Waals surface area contributed by atoms with Crippen LogP contribution in [0.15, 0.2) is 0 Å². The van der Waals surface area contributed by atoms with Crippen LogP contribution in [0.5, 0.6) is 0 Å². The molecule has 24 N–H and O–H groups in total. The summed E-state index contributed by atoms with van der Waals surface area (Å²) in [7, 11) is 0. The summed E-state index contributed by atoms with van der Waals surface area (Å²) in [5.74, 6) is -3.98. The van der Waals surface area contributed by atoms with Gasteiger partial charge in [-0.15, -0.1) is 0 Å². The molecule has 0 amide bonds. The van der Waals surface area contributed by atoms with Crippen molar-refractivity contribution in [2.75, 3.05) is 79.3 Å². The molecule has 0 bridgehead atoms. The van der Waals surface area contributed by atoms with Crippen LogP contribution < -0.4 is 0 Å². The fourth-order valence-corrected chi connectivity index (χ4v) is 7.75. The first-order valence-corrected chi connectivity index (χ1v) is 40.2. The zero-order valence-electron chi connectivity index (χ0n) is 68.1. The SMILES string of the molecule is CCCCCCCCCC(=O)O.CCCCCCCCCC(=O)O.CCCCCCCCCC(=O)O.CCCCCCCCCC(=O)O.CCCCCCCCCC(=O)O.CCCCCCCCCC(=O)O.OCC(O)CO.OCC(O)CO.OCC(O)CO.OCC(O)CO.OCC(O)CO.OCC(O)CO. The van der Waals surface area contributed by atoms with Crippen molar-refractivity contribution in [3.8, 4) is 0 Å². The van der Waals surface area contributed by atoms with Crippen LogP contribution in [0.1, 0.15) is 350 Å². The molecule has 0 aliphatic carbocycles. The maximum Gasteiger partial charge on any atom is 0.303 e. The predicted octanol–water partition coefficient (Wildman–Crippen LogP) is 9.26. The van der Waals surface area contributed by atoms with Gasteiger partial charge in [0, 0.05) is 38.5 Å². The fourth-order valence-electron chi connectivity index (χ4n) is 7.75. The lowest BCUT2D eigenvalue weighted by Gasteiger charge is -1.98. The molecule has 0 saturated carbocycles. The monoisotopic (exact) mass is 1590 g/mol. The van der Waals surface area contributed by atoms with Crippen molar-refractivity contribution in [2.45, 2.75) is 386 Å². The highest BCUT2D eigenvalue weighted by Crippen LogP contribution is 2.13. The lowest BCUT2D eigenvalue weighted by Crippen LogP contribution is -2.15. The van der Waals surface area contributed by atoms with Crippen molar-refractivity contribution in [3.63, 3.8) is 0 Å². The van der Waals surface area contributed by atoms with Gasteiger partial charge >= 0.3 is 35.8 Å². The van der Waals surface area contributed by atoms with Crippen molar-refractivity contribution in [1.29, 1.82) is 0 Å². The Hall–Kier alpha value is -3.90. The van der Waals surface area contributed by atoms with E-state index in [1.807, 2.05) is 0 Å². The van der Waals surface area contributed by atoms with Gasteiger partial charge in [-0.05, 0) is 38.5 Å². The smallest absolute Gasteiger partial charge is 0.303 e. The van der Waals surface area contributed by atoms with Crippen LogP contribution in [-0.4, -0.2) is 274 Å². The van der Waals surface area contributed by atoms with Crippen molar-refractivity contribution in [3.05, 3.63) is 0 Å². The van der Waals surface area contributed by atoms with Crippen LogP contribution in [0.4, 0.5) is 0 Å². The molecule has 0 aliphatic rings. The molecule has 30 heteroatoms. The van der Waals surface area contributed by atoms with Crippen molar-refractivity contribution in [1.82, 2.24) is 0 Å². The summed E-state index contributed by atoms with van der Waals surface area (Å²) in [6, 6.07) is 0. The number of unbranched alkanes of at least 4 members (excludes halogenated alkanes) is 36. The van der Waals surface area contributed by atoms with Gasteiger partial charge in [0.2, 0.25) is 0 Å². The Morgan fingerprint density at radius 3 is 0.287 bits per heavy atom. The van der Waals surface area contributed by atoms with E-state index in [4.69, 9.17) is 123 Å². The van der Waals surface area contributed by atoms with E-state index in [1.165, 1.54) is 193 Å². The lowest BCUT2D eigenvalue weighted by molar-refractivity contribution is -0.138. The van der Waals surface area contributed by atoms with Gasteiger partial charge in [-0.1, -0.05) is 273 Å². The summed E-state index contributed by atoms with van der Waals surface area (Å²) in [6.45, 7) is 8.82. The third-order valence-electron chi connectivity index (χ3n) is 14.5. The van der Waals surface area contributed by atoms with Crippen LogP contribution in [0.2, 0.25) is 0 Å². The average Bonchev–Trinajstić information content (AvgIpc) is 2.52. The molecule has 660 valence electrons.